The van der Waals surface area contributed by atoms with Crippen LogP contribution < -0.4 is 0 Å². The molecule has 1 heterocycles. The molecule has 0 unspecified atom stereocenters. The van der Waals surface area contributed by atoms with Gasteiger partial charge >= 0.3 is 5.97 Å². The van der Waals surface area contributed by atoms with E-state index in [0.29, 0.717) is 18.4 Å². The van der Waals surface area contributed by atoms with Gasteiger partial charge in [0.25, 0.3) is 0 Å². The first-order valence-corrected chi connectivity index (χ1v) is 8.44. The van der Waals surface area contributed by atoms with E-state index in [1.165, 1.54) is 11.1 Å². The Labute approximate surface area is 139 Å². The Morgan fingerprint density at radius 1 is 1.17 bits per heavy atom. The van der Waals surface area contributed by atoms with Gasteiger partial charge in [0.1, 0.15) is 6.10 Å². The second-order valence-corrected chi connectivity index (χ2v) is 6.85. The molecule has 3 heteroatoms. The Balaban J connectivity index is 2.25. The van der Waals surface area contributed by atoms with E-state index < -0.39 is 6.10 Å². The Bertz CT molecular complexity index is 565. The molecule has 1 N–H and O–H groups in total. The molecule has 0 aromatic heterocycles. The molecule has 0 spiro atoms. The number of hydrogen-bond acceptors (Lipinski definition) is 3. The number of carbonyl (C=O) groups excluding carboxylic acids is 1. The first-order valence-electron chi connectivity index (χ1n) is 8.44. The van der Waals surface area contributed by atoms with Crippen molar-refractivity contribution in [2.24, 2.45) is 5.92 Å². The maximum atomic E-state index is 11.9. The molecule has 3 nitrogen and oxygen atoms in total. The fourth-order valence-corrected chi connectivity index (χ4v) is 3.21. The summed E-state index contributed by atoms with van der Waals surface area (Å²) >= 11 is 0. The van der Waals surface area contributed by atoms with E-state index in [2.05, 4.69) is 38.7 Å². The molecule has 23 heavy (non-hydrogen) atoms. The first-order chi connectivity index (χ1) is 10.9. The lowest BCUT2D eigenvalue weighted by atomic mass is 9.86. The molecule has 0 aromatic carbocycles. The van der Waals surface area contributed by atoms with E-state index in [0.717, 1.165) is 24.8 Å². The minimum atomic E-state index is -0.560. The van der Waals surface area contributed by atoms with Gasteiger partial charge in [-0.05, 0) is 52.0 Å². The van der Waals surface area contributed by atoms with Crippen LogP contribution in [-0.4, -0.2) is 23.3 Å². The van der Waals surface area contributed by atoms with Crippen LogP contribution in [0.15, 0.2) is 47.1 Å². The molecule has 1 fully saturated rings. The van der Waals surface area contributed by atoms with Crippen LogP contribution in [0.2, 0.25) is 0 Å². The van der Waals surface area contributed by atoms with Crippen LogP contribution in [0.1, 0.15) is 52.9 Å². The highest BCUT2D eigenvalue weighted by Gasteiger charge is 2.39. The standard InChI is InChI=1S/C20H28O3/c1-13-7-5-9-14(2)11-19-17(16(4)20(22)23-19)12-18(21)15(3)10-6-8-13/h8-10,17-19,21H,4-7,11-12H2,1-3H3/b13-8+,14-9+,15-10-/t17-,18+,19-/m0/s1. The van der Waals surface area contributed by atoms with Crippen molar-refractivity contribution in [2.45, 2.75) is 65.1 Å². The van der Waals surface area contributed by atoms with Crippen LogP contribution >= 0.6 is 0 Å². The minimum absolute atomic E-state index is 0.107. The summed E-state index contributed by atoms with van der Waals surface area (Å²) in [6.07, 6.45) is 9.84. The SMILES string of the molecule is C=C1C(=O)O[C@H]2C/C(C)=C/CC/C(C)=C/C/C=C(/C)[C@H](O)C[C@@H]12. The number of esters is 1. The zero-order valence-corrected chi connectivity index (χ0v) is 14.5. The van der Waals surface area contributed by atoms with Crippen molar-refractivity contribution in [1.82, 2.24) is 0 Å². The number of aliphatic hydroxyl groups excluding tert-OH is 1. The number of ether oxygens (including phenoxy) is 1. The zero-order chi connectivity index (χ0) is 17.0. The first kappa shape index (κ1) is 17.7. The Hall–Kier alpha value is -1.61. The van der Waals surface area contributed by atoms with E-state index in [-0.39, 0.29) is 18.0 Å². The zero-order valence-electron chi connectivity index (χ0n) is 14.5. The van der Waals surface area contributed by atoms with Gasteiger partial charge in [-0.1, -0.05) is 36.0 Å². The number of rotatable bonds is 0. The third-order valence-electron chi connectivity index (χ3n) is 4.88. The summed E-state index contributed by atoms with van der Waals surface area (Å²) in [6, 6.07) is 0. The maximum Gasteiger partial charge on any atom is 0.334 e. The predicted molar refractivity (Wildman–Crippen MR) is 92.9 cm³/mol. The summed E-state index contributed by atoms with van der Waals surface area (Å²) in [5, 5.41) is 10.5. The number of fused-ring (bicyclic) bond motifs is 1. The summed E-state index contributed by atoms with van der Waals surface area (Å²) in [4.78, 5) is 11.9. The van der Waals surface area contributed by atoms with Crippen molar-refractivity contribution in [3.05, 3.63) is 47.1 Å². The van der Waals surface area contributed by atoms with Crippen molar-refractivity contribution in [3.63, 3.8) is 0 Å². The second kappa shape index (κ2) is 7.78. The lowest BCUT2D eigenvalue weighted by molar-refractivity contribution is -0.139. The Kier molecular flexibility index (Phi) is 6.00. The van der Waals surface area contributed by atoms with Crippen molar-refractivity contribution >= 4 is 5.97 Å². The number of carbonyl (C=O) groups is 1. The van der Waals surface area contributed by atoms with Crippen molar-refractivity contribution in [1.29, 1.82) is 0 Å². The molecule has 1 aliphatic carbocycles. The van der Waals surface area contributed by atoms with Gasteiger partial charge in [0.15, 0.2) is 0 Å². The highest BCUT2D eigenvalue weighted by Crippen LogP contribution is 2.35. The topological polar surface area (TPSA) is 46.5 Å². The quantitative estimate of drug-likeness (QED) is 0.413. The van der Waals surface area contributed by atoms with E-state index in [9.17, 15) is 9.90 Å². The van der Waals surface area contributed by atoms with Gasteiger partial charge in [-0.15, -0.1) is 0 Å². The molecule has 0 saturated carbocycles. The molecule has 1 saturated heterocycles. The average molecular weight is 316 g/mol. The number of aliphatic hydroxyl groups is 1. The van der Waals surface area contributed by atoms with Crippen molar-refractivity contribution in [2.75, 3.05) is 0 Å². The summed E-state index contributed by atoms with van der Waals surface area (Å²) in [5.74, 6) is -0.423. The normalized spacial score (nSPS) is 37.4. The number of allylic oxidation sites excluding steroid dienone is 4. The second-order valence-electron chi connectivity index (χ2n) is 6.85. The highest BCUT2D eigenvalue weighted by molar-refractivity contribution is 5.90. The lowest BCUT2D eigenvalue weighted by Gasteiger charge is -2.21. The Morgan fingerprint density at radius 2 is 1.91 bits per heavy atom. The molecule has 0 bridgehead atoms. The Morgan fingerprint density at radius 3 is 2.65 bits per heavy atom. The number of hydrogen-bond donors (Lipinski definition) is 1. The van der Waals surface area contributed by atoms with E-state index in [1.54, 1.807) is 0 Å². The largest absolute Gasteiger partial charge is 0.458 e. The minimum Gasteiger partial charge on any atom is -0.458 e. The summed E-state index contributed by atoms with van der Waals surface area (Å²) in [7, 11) is 0. The van der Waals surface area contributed by atoms with Gasteiger partial charge in [-0.3, -0.25) is 0 Å². The van der Waals surface area contributed by atoms with Gasteiger partial charge in [-0.25, -0.2) is 4.79 Å². The molecule has 3 atom stereocenters. The van der Waals surface area contributed by atoms with Crippen LogP contribution in [0.3, 0.4) is 0 Å². The van der Waals surface area contributed by atoms with Crippen LogP contribution in [-0.2, 0) is 9.53 Å². The van der Waals surface area contributed by atoms with Crippen molar-refractivity contribution < 1.29 is 14.6 Å². The molecular formula is C20H28O3. The molecular weight excluding hydrogens is 288 g/mol. The van der Waals surface area contributed by atoms with Crippen LogP contribution in [0, 0.1) is 5.92 Å². The average Bonchev–Trinajstić information content (AvgIpc) is 2.73. The fraction of sp³-hybridized carbons (Fsp3) is 0.550. The molecule has 2 aliphatic rings. The molecule has 0 amide bonds. The molecule has 0 aromatic rings. The van der Waals surface area contributed by atoms with Gasteiger partial charge in [0, 0.05) is 17.9 Å². The lowest BCUT2D eigenvalue weighted by Crippen LogP contribution is -2.23. The fourth-order valence-electron chi connectivity index (χ4n) is 3.21. The highest BCUT2D eigenvalue weighted by atomic mass is 16.6. The van der Waals surface area contributed by atoms with E-state index in [1.807, 2.05) is 6.92 Å². The van der Waals surface area contributed by atoms with E-state index >= 15 is 0 Å². The molecule has 126 valence electrons. The molecule has 2 rings (SSSR count). The summed E-state index contributed by atoms with van der Waals surface area (Å²) in [6.45, 7) is 10.1. The van der Waals surface area contributed by atoms with Crippen LogP contribution in [0.25, 0.3) is 0 Å². The van der Waals surface area contributed by atoms with Gasteiger partial charge < -0.3 is 9.84 Å². The van der Waals surface area contributed by atoms with E-state index in [4.69, 9.17) is 4.74 Å². The molecule has 1 aliphatic heterocycles. The maximum absolute atomic E-state index is 11.9. The van der Waals surface area contributed by atoms with Gasteiger partial charge in [0.2, 0.25) is 0 Å². The third kappa shape index (κ3) is 4.68. The monoisotopic (exact) mass is 316 g/mol. The van der Waals surface area contributed by atoms with Gasteiger partial charge in [-0.2, -0.15) is 0 Å². The summed E-state index contributed by atoms with van der Waals surface area (Å²) in [5.41, 5.74) is 4.04. The smallest absolute Gasteiger partial charge is 0.334 e. The predicted octanol–water partition coefficient (Wildman–Crippen LogP) is 4.25. The van der Waals surface area contributed by atoms with Crippen LogP contribution in [0.4, 0.5) is 0 Å². The molecule has 0 radical (unpaired) electrons. The van der Waals surface area contributed by atoms with Crippen LogP contribution in [0.5, 0.6) is 0 Å². The third-order valence-corrected chi connectivity index (χ3v) is 4.88. The van der Waals surface area contributed by atoms with Gasteiger partial charge in [0.05, 0.1) is 6.10 Å². The van der Waals surface area contributed by atoms with Crippen molar-refractivity contribution in [3.8, 4) is 0 Å². The summed E-state index contributed by atoms with van der Waals surface area (Å²) < 4.78 is 5.49.